The van der Waals surface area contributed by atoms with E-state index in [9.17, 15) is 18.4 Å². The molecule has 4 heterocycles. The van der Waals surface area contributed by atoms with Gasteiger partial charge >= 0.3 is 6.03 Å². The van der Waals surface area contributed by atoms with E-state index < -0.39 is 17.7 Å². The zero-order valence-electron chi connectivity index (χ0n) is 21.3. The maximum Gasteiger partial charge on any atom is 0.320 e. The number of piperazine rings is 2. The highest BCUT2D eigenvalue weighted by Gasteiger charge is 2.46. The molecule has 6 rings (SSSR count). The van der Waals surface area contributed by atoms with Gasteiger partial charge < -0.3 is 15.1 Å². The molecule has 2 aromatic heterocycles. The third kappa shape index (κ3) is 4.45. The first kappa shape index (κ1) is 24.9. The minimum Gasteiger partial charge on any atom is -0.321 e. The Morgan fingerprint density at radius 1 is 1.11 bits per heavy atom. The minimum atomic E-state index is -0.576. The van der Waals surface area contributed by atoms with Gasteiger partial charge in [-0.1, -0.05) is 18.9 Å². The Morgan fingerprint density at radius 2 is 1.95 bits per heavy atom. The molecular weight excluding hydrogens is 490 g/mol. The fourth-order valence-corrected chi connectivity index (χ4v) is 6.47. The van der Waals surface area contributed by atoms with Crippen LogP contribution in [0.4, 0.5) is 13.6 Å². The number of carbonyl (C=O) groups is 1. The highest BCUT2D eigenvalue weighted by atomic mass is 19.1. The molecule has 200 valence electrons. The van der Waals surface area contributed by atoms with Crippen molar-refractivity contribution in [2.45, 2.75) is 43.8 Å². The molecule has 0 radical (unpaired) electrons. The van der Waals surface area contributed by atoms with E-state index >= 15 is 0 Å². The Hall–Kier alpha value is -3.37. The number of benzene rings is 1. The molecule has 3 fully saturated rings. The van der Waals surface area contributed by atoms with E-state index in [0.717, 1.165) is 37.8 Å². The van der Waals surface area contributed by atoms with Crippen LogP contribution in [-0.2, 0) is 6.54 Å². The van der Waals surface area contributed by atoms with Gasteiger partial charge in [0.2, 0.25) is 0 Å². The Bertz CT molecular complexity index is 1410. The van der Waals surface area contributed by atoms with Crippen LogP contribution in [0.15, 0.2) is 53.6 Å². The average molecular weight is 523 g/mol. The fourth-order valence-electron chi connectivity index (χ4n) is 6.47. The van der Waals surface area contributed by atoms with Crippen molar-refractivity contribution in [3.63, 3.8) is 0 Å². The van der Waals surface area contributed by atoms with E-state index in [1.165, 1.54) is 6.07 Å². The van der Waals surface area contributed by atoms with Gasteiger partial charge in [-0.05, 0) is 43.2 Å². The van der Waals surface area contributed by atoms with Crippen molar-refractivity contribution in [1.82, 2.24) is 29.4 Å². The number of hydrogen-bond donors (Lipinski definition) is 1. The number of amides is 2. The molecule has 38 heavy (non-hydrogen) atoms. The summed E-state index contributed by atoms with van der Waals surface area (Å²) in [5.74, 6) is -1.03. The van der Waals surface area contributed by atoms with Gasteiger partial charge in [0, 0.05) is 69.3 Å². The van der Waals surface area contributed by atoms with Crippen LogP contribution >= 0.6 is 0 Å². The van der Waals surface area contributed by atoms with Gasteiger partial charge in [0.15, 0.2) is 0 Å². The van der Waals surface area contributed by atoms with Gasteiger partial charge in [0.05, 0.1) is 11.6 Å². The van der Waals surface area contributed by atoms with Crippen LogP contribution in [0.1, 0.15) is 42.9 Å². The summed E-state index contributed by atoms with van der Waals surface area (Å²) in [7, 11) is 0. The van der Waals surface area contributed by atoms with E-state index in [4.69, 9.17) is 0 Å². The molecule has 2 aliphatic heterocycles. The van der Waals surface area contributed by atoms with E-state index in [-0.39, 0.29) is 22.7 Å². The van der Waals surface area contributed by atoms with Gasteiger partial charge in [0.1, 0.15) is 17.3 Å². The molecule has 8 nitrogen and oxygen atoms in total. The van der Waals surface area contributed by atoms with Gasteiger partial charge in [-0.2, -0.15) is 0 Å². The molecule has 2 amide bonds. The lowest BCUT2D eigenvalue weighted by Gasteiger charge is -2.51. The summed E-state index contributed by atoms with van der Waals surface area (Å²) >= 11 is 0. The lowest BCUT2D eigenvalue weighted by atomic mass is 9.91. The summed E-state index contributed by atoms with van der Waals surface area (Å²) < 4.78 is 30.2. The van der Waals surface area contributed by atoms with Gasteiger partial charge in [-0.15, -0.1) is 0 Å². The summed E-state index contributed by atoms with van der Waals surface area (Å²) in [5.41, 5.74) is 1.17. The first-order chi connectivity index (χ1) is 18.4. The molecule has 3 aromatic rings. The zero-order chi connectivity index (χ0) is 26.3. The molecule has 1 spiro atoms. The fraction of sp³-hybridized carbons (Fsp3) is 0.464. The number of hydrogen-bond acceptors (Lipinski definition) is 5. The van der Waals surface area contributed by atoms with E-state index in [2.05, 4.69) is 15.2 Å². The maximum absolute atomic E-state index is 14.7. The van der Waals surface area contributed by atoms with E-state index in [1.54, 1.807) is 21.7 Å². The monoisotopic (exact) mass is 522 g/mol. The summed E-state index contributed by atoms with van der Waals surface area (Å²) in [6, 6.07) is 8.19. The molecule has 1 aliphatic carbocycles. The van der Waals surface area contributed by atoms with Crippen LogP contribution in [0, 0.1) is 11.6 Å². The second-order valence-corrected chi connectivity index (χ2v) is 10.7. The molecule has 3 aliphatic rings. The molecule has 0 bridgehead atoms. The number of halogens is 2. The number of nitrogens with zero attached hydrogens (tertiary/aromatic N) is 5. The molecule has 1 atom stereocenters. The summed E-state index contributed by atoms with van der Waals surface area (Å²) in [6.07, 6.45) is 7.44. The zero-order valence-corrected chi connectivity index (χ0v) is 21.3. The number of rotatable bonds is 3. The van der Waals surface area contributed by atoms with Gasteiger partial charge in [-0.3, -0.25) is 14.1 Å². The van der Waals surface area contributed by atoms with Crippen molar-refractivity contribution in [3.05, 3.63) is 81.9 Å². The van der Waals surface area contributed by atoms with Crippen molar-refractivity contribution < 1.29 is 13.6 Å². The Labute approximate surface area is 219 Å². The van der Waals surface area contributed by atoms with Crippen LogP contribution in [0.2, 0.25) is 0 Å². The number of pyridine rings is 1. The van der Waals surface area contributed by atoms with Crippen molar-refractivity contribution >= 4 is 11.7 Å². The normalized spacial score (nSPS) is 21.9. The predicted molar refractivity (Wildman–Crippen MR) is 139 cm³/mol. The largest absolute Gasteiger partial charge is 0.321 e. The molecule has 1 unspecified atom stereocenters. The number of carbonyl (C=O) groups excluding carboxylic acids is 1. The number of nitrogens with one attached hydrogen (secondary N) is 1. The lowest BCUT2D eigenvalue weighted by molar-refractivity contribution is -0.000919. The molecule has 1 aromatic carbocycles. The Morgan fingerprint density at radius 3 is 2.79 bits per heavy atom. The summed E-state index contributed by atoms with van der Waals surface area (Å²) in [4.78, 5) is 37.4. The van der Waals surface area contributed by atoms with Crippen molar-refractivity contribution in [2.75, 3.05) is 39.3 Å². The summed E-state index contributed by atoms with van der Waals surface area (Å²) in [5, 5.41) is 3.22. The molecule has 1 saturated carbocycles. The standard InChI is InChI=1S/C28H32F2N6O2/c29-21-6-7-23(30)22(15-21)24-17-31-10-12-35(24)27(38)33-13-14-34(28(19-33)8-2-3-9-28)18-20-16-32-25-5-1-4-11-36(25)26(20)37/h1,4-7,11,15-16,24,31H,2-3,8-10,12-14,17-19H2. The van der Waals surface area contributed by atoms with E-state index in [1.807, 2.05) is 23.1 Å². The van der Waals surface area contributed by atoms with Crippen LogP contribution in [0.25, 0.3) is 5.65 Å². The SMILES string of the molecule is O=C(N1CCN(Cc2cnc3ccccn3c2=O)C2(CCCC2)C1)N1CCNCC1c1cc(F)ccc1F. The van der Waals surface area contributed by atoms with Crippen molar-refractivity contribution in [2.24, 2.45) is 0 Å². The topological polar surface area (TPSA) is 73.2 Å². The minimum absolute atomic E-state index is 0.0666. The third-order valence-electron chi connectivity index (χ3n) is 8.45. The second-order valence-electron chi connectivity index (χ2n) is 10.7. The predicted octanol–water partition coefficient (Wildman–Crippen LogP) is 3.17. The Kier molecular flexibility index (Phi) is 6.61. The molecule has 2 saturated heterocycles. The molecule has 10 heteroatoms. The highest BCUT2D eigenvalue weighted by Crippen LogP contribution is 2.39. The smallest absolute Gasteiger partial charge is 0.320 e. The third-order valence-corrected chi connectivity index (χ3v) is 8.45. The van der Waals surface area contributed by atoms with Crippen LogP contribution < -0.4 is 10.9 Å². The van der Waals surface area contributed by atoms with Gasteiger partial charge in [-0.25, -0.2) is 18.6 Å². The van der Waals surface area contributed by atoms with E-state index in [0.29, 0.717) is 57.0 Å². The second kappa shape index (κ2) is 10.1. The number of aromatic nitrogens is 2. The lowest BCUT2D eigenvalue weighted by Crippen LogP contribution is -2.64. The number of urea groups is 1. The average Bonchev–Trinajstić information content (AvgIpc) is 3.41. The number of fused-ring (bicyclic) bond motifs is 1. The van der Waals surface area contributed by atoms with Crippen LogP contribution in [0.5, 0.6) is 0 Å². The highest BCUT2D eigenvalue weighted by molar-refractivity contribution is 5.75. The van der Waals surface area contributed by atoms with Crippen LogP contribution in [0.3, 0.4) is 0 Å². The quantitative estimate of drug-likeness (QED) is 0.572. The summed E-state index contributed by atoms with van der Waals surface area (Å²) in [6.45, 7) is 3.57. The van der Waals surface area contributed by atoms with Gasteiger partial charge in [0.25, 0.3) is 5.56 Å². The maximum atomic E-state index is 14.7. The van der Waals surface area contributed by atoms with Crippen molar-refractivity contribution in [1.29, 1.82) is 0 Å². The first-order valence-corrected chi connectivity index (χ1v) is 13.4. The van der Waals surface area contributed by atoms with Crippen molar-refractivity contribution in [3.8, 4) is 0 Å². The first-order valence-electron chi connectivity index (χ1n) is 13.4. The molecule has 1 N–H and O–H groups in total. The Balaban J connectivity index is 1.24. The van der Waals surface area contributed by atoms with Crippen LogP contribution in [-0.4, -0.2) is 74.9 Å². The molecular formula is C28H32F2N6O2.